The van der Waals surface area contributed by atoms with Gasteiger partial charge in [0.1, 0.15) is 11.4 Å². The molecule has 0 radical (unpaired) electrons. The number of likely N-dealkylation sites (tertiary alicyclic amines) is 1. The summed E-state index contributed by atoms with van der Waals surface area (Å²) in [7, 11) is 5.57. The van der Waals surface area contributed by atoms with Crippen LogP contribution in [-0.2, 0) is 4.79 Å². The van der Waals surface area contributed by atoms with Crippen LogP contribution in [0, 0.1) is 11.8 Å². The van der Waals surface area contributed by atoms with E-state index in [-0.39, 0.29) is 23.8 Å². The number of rotatable bonds is 7. The van der Waals surface area contributed by atoms with Gasteiger partial charge < -0.3 is 19.4 Å². The van der Waals surface area contributed by atoms with E-state index in [2.05, 4.69) is 27.3 Å². The minimum absolute atomic E-state index is 0.00902. The van der Waals surface area contributed by atoms with Gasteiger partial charge in [0.05, 0.1) is 25.3 Å². The molecule has 0 bridgehead atoms. The van der Waals surface area contributed by atoms with E-state index in [4.69, 9.17) is 9.72 Å². The predicted octanol–water partition coefficient (Wildman–Crippen LogP) is 4.19. The van der Waals surface area contributed by atoms with Crippen LogP contribution in [-0.4, -0.2) is 84.6 Å². The van der Waals surface area contributed by atoms with Crippen molar-refractivity contribution in [2.45, 2.75) is 69.9 Å². The van der Waals surface area contributed by atoms with Gasteiger partial charge in [-0.3, -0.25) is 15.0 Å². The molecule has 1 aromatic heterocycles. The first-order valence-corrected chi connectivity index (χ1v) is 15.3. The van der Waals surface area contributed by atoms with Crippen LogP contribution in [0.15, 0.2) is 30.5 Å². The van der Waals surface area contributed by atoms with Crippen LogP contribution in [0.1, 0.15) is 68.1 Å². The number of carbonyl (C=O) groups is 2. The van der Waals surface area contributed by atoms with Gasteiger partial charge in [0, 0.05) is 25.2 Å². The number of methoxy groups -OCH3 is 1. The molecule has 10 heteroatoms. The van der Waals surface area contributed by atoms with E-state index in [1.54, 1.807) is 29.3 Å². The zero-order valence-corrected chi connectivity index (χ0v) is 24.6. The molecule has 1 saturated heterocycles. The molecular formula is C31H43N7O3. The Kier molecular flexibility index (Phi) is 8.01. The SMILES string of the molecule is COc1cccc(C(=O)N(Nc2ncc3c(n2)N(C2CCCCC2)CC(C2CC2)C(=O)N3C)C2CCN(C)CC2)c1. The van der Waals surface area contributed by atoms with E-state index in [0.717, 1.165) is 63.1 Å². The molecule has 3 heterocycles. The molecule has 2 saturated carbocycles. The third kappa shape index (κ3) is 5.84. The molecule has 2 aromatic rings. The zero-order chi connectivity index (χ0) is 28.5. The summed E-state index contributed by atoms with van der Waals surface area (Å²) in [6.07, 6.45) is 11.6. The maximum atomic E-state index is 13.9. The average molecular weight is 562 g/mol. The van der Waals surface area contributed by atoms with Crippen LogP contribution in [0.2, 0.25) is 0 Å². The van der Waals surface area contributed by atoms with Crippen molar-refractivity contribution in [3.8, 4) is 5.75 Å². The van der Waals surface area contributed by atoms with Crippen molar-refractivity contribution >= 4 is 29.3 Å². The fourth-order valence-corrected chi connectivity index (χ4v) is 6.74. The first-order valence-electron chi connectivity index (χ1n) is 15.3. The highest BCUT2D eigenvalue weighted by molar-refractivity contribution is 5.99. The van der Waals surface area contributed by atoms with Gasteiger partial charge in [-0.2, -0.15) is 4.98 Å². The molecule has 41 heavy (non-hydrogen) atoms. The lowest BCUT2D eigenvalue weighted by molar-refractivity contribution is -0.122. The molecule has 1 aromatic carbocycles. The van der Waals surface area contributed by atoms with Gasteiger partial charge in [0.2, 0.25) is 11.9 Å². The maximum Gasteiger partial charge on any atom is 0.272 e. The van der Waals surface area contributed by atoms with Gasteiger partial charge in [0.25, 0.3) is 5.91 Å². The van der Waals surface area contributed by atoms with Crippen molar-refractivity contribution in [1.29, 1.82) is 0 Å². The highest BCUT2D eigenvalue weighted by Gasteiger charge is 2.43. The fraction of sp³-hybridized carbons (Fsp3) is 0.613. The Morgan fingerprint density at radius 3 is 2.51 bits per heavy atom. The van der Waals surface area contributed by atoms with Gasteiger partial charge in [-0.05, 0) is 82.8 Å². The number of hydrazine groups is 1. The number of nitrogens with zero attached hydrogens (tertiary/aromatic N) is 6. The summed E-state index contributed by atoms with van der Waals surface area (Å²) in [5, 5.41) is 1.72. The third-order valence-electron chi connectivity index (χ3n) is 9.44. The second kappa shape index (κ2) is 11.8. The van der Waals surface area contributed by atoms with Crippen LogP contribution >= 0.6 is 0 Å². The van der Waals surface area contributed by atoms with Crippen molar-refractivity contribution in [1.82, 2.24) is 19.9 Å². The number of amides is 2. The molecular weight excluding hydrogens is 518 g/mol. The Balaban J connectivity index is 1.34. The Bertz CT molecular complexity index is 1250. The Morgan fingerprint density at radius 2 is 1.80 bits per heavy atom. The standard InChI is InChI=1S/C31H43N7O3/c1-35-16-14-24(15-17-35)38(29(39)22-8-7-11-25(18-22)41-3)34-31-32-19-27-28(33-31)37(23-9-5-4-6-10-23)20-26(21-12-13-21)30(40)36(27)2/h7-8,11,18-19,21,23-24,26H,4-6,9-10,12-17,20H2,1-3H3,(H,32,33,34). The van der Waals surface area contributed by atoms with Crippen LogP contribution in [0.5, 0.6) is 5.75 Å². The quantitative estimate of drug-likeness (QED) is 0.503. The van der Waals surface area contributed by atoms with E-state index >= 15 is 0 Å². The number of hydrogen-bond acceptors (Lipinski definition) is 8. The predicted molar refractivity (Wildman–Crippen MR) is 159 cm³/mol. The number of hydrogen-bond donors (Lipinski definition) is 1. The molecule has 4 aliphatic rings. The van der Waals surface area contributed by atoms with Gasteiger partial charge in [-0.1, -0.05) is 25.3 Å². The Morgan fingerprint density at radius 1 is 1.05 bits per heavy atom. The summed E-state index contributed by atoms with van der Waals surface area (Å²) in [6.45, 7) is 2.51. The summed E-state index contributed by atoms with van der Waals surface area (Å²) in [5.74, 6) is 2.28. The lowest BCUT2D eigenvalue weighted by atomic mass is 9.92. The lowest BCUT2D eigenvalue weighted by Crippen LogP contribution is -2.49. The summed E-state index contributed by atoms with van der Waals surface area (Å²) >= 11 is 0. The number of fused-ring (bicyclic) bond motifs is 1. The molecule has 0 spiro atoms. The average Bonchev–Trinajstić information content (AvgIpc) is 3.86. The van der Waals surface area contributed by atoms with Crippen molar-refractivity contribution < 1.29 is 14.3 Å². The molecule has 2 aliphatic heterocycles. The number of nitrogens with one attached hydrogen (secondary N) is 1. The molecule has 220 valence electrons. The van der Waals surface area contributed by atoms with E-state index in [1.165, 1.54) is 19.3 Å². The summed E-state index contributed by atoms with van der Waals surface area (Å²) in [6, 6.07) is 7.61. The number of piperidine rings is 1. The van der Waals surface area contributed by atoms with Gasteiger partial charge in [-0.25, -0.2) is 9.99 Å². The van der Waals surface area contributed by atoms with Gasteiger partial charge in [-0.15, -0.1) is 0 Å². The monoisotopic (exact) mass is 561 g/mol. The number of benzene rings is 1. The topological polar surface area (TPSA) is 94.1 Å². The molecule has 2 amide bonds. The highest BCUT2D eigenvalue weighted by Crippen LogP contribution is 2.44. The highest BCUT2D eigenvalue weighted by atomic mass is 16.5. The number of carbonyl (C=O) groups excluding carboxylic acids is 2. The lowest BCUT2D eigenvalue weighted by Gasteiger charge is -2.38. The molecule has 6 rings (SSSR count). The van der Waals surface area contributed by atoms with Crippen molar-refractivity contribution in [3.63, 3.8) is 0 Å². The zero-order valence-electron chi connectivity index (χ0n) is 24.6. The van der Waals surface area contributed by atoms with E-state index in [0.29, 0.717) is 35.8 Å². The second-order valence-electron chi connectivity index (χ2n) is 12.2. The molecule has 1 N–H and O–H groups in total. The minimum atomic E-state index is -0.137. The van der Waals surface area contributed by atoms with Crippen LogP contribution in [0.3, 0.4) is 0 Å². The van der Waals surface area contributed by atoms with Crippen LogP contribution in [0.4, 0.5) is 17.5 Å². The van der Waals surface area contributed by atoms with E-state index in [9.17, 15) is 9.59 Å². The maximum absolute atomic E-state index is 13.9. The van der Waals surface area contributed by atoms with Gasteiger partial charge >= 0.3 is 0 Å². The number of aromatic nitrogens is 2. The first-order chi connectivity index (χ1) is 19.9. The second-order valence-corrected chi connectivity index (χ2v) is 12.2. The molecule has 2 aliphatic carbocycles. The van der Waals surface area contributed by atoms with Gasteiger partial charge in [0.15, 0.2) is 5.82 Å². The normalized spacial score (nSPS) is 22.7. The third-order valence-corrected chi connectivity index (χ3v) is 9.44. The van der Waals surface area contributed by atoms with Crippen LogP contribution in [0.25, 0.3) is 0 Å². The van der Waals surface area contributed by atoms with Crippen molar-refractivity contribution in [2.75, 3.05) is 56.1 Å². The van der Waals surface area contributed by atoms with E-state index in [1.807, 2.05) is 25.2 Å². The summed E-state index contributed by atoms with van der Waals surface area (Å²) < 4.78 is 5.39. The summed E-state index contributed by atoms with van der Waals surface area (Å²) in [5.41, 5.74) is 4.64. The summed E-state index contributed by atoms with van der Waals surface area (Å²) in [4.78, 5) is 43.7. The number of ether oxygens (including phenoxy) is 1. The minimum Gasteiger partial charge on any atom is -0.497 e. The molecule has 3 fully saturated rings. The van der Waals surface area contributed by atoms with Crippen LogP contribution < -0.4 is 20.0 Å². The smallest absolute Gasteiger partial charge is 0.272 e. The van der Waals surface area contributed by atoms with Crippen molar-refractivity contribution in [3.05, 3.63) is 36.0 Å². The number of anilines is 3. The molecule has 1 atom stereocenters. The Hall–Kier alpha value is -3.40. The first kappa shape index (κ1) is 27.8. The van der Waals surface area contributed by atoms with Crippen molar-refractivity contribution in [2.24, 2.45) is 11.8 Å². The fourth-order valence-electron chi connectivity index (χ4n) is 6.74. The molecule has 1 unspecified atom stereocenters. The largest absolute Gasteiger partial charge is 0.497 e. The molecule has 10 nitrogen and oxygen atoms in total. The van der Waals surface area contributed by atoms with E-state index < -0.39 is 0 Å². The Labute approximate surface area is 243 Å².